The summed E-state index contributed by atoms with van der Waals surface area (Å²) in [5.74, 6) is 1.89. The summed E-state index contributed by atoms with van der Waals surface area (Å²) in [7, 11) is 1.68. The zero-order valence-electron chi connectivity index (χ0n) is 24.6. The third-order valence-corrected chi connectivity index (χ3v) is 8.96. The van der Waals surface area contributed by atoms with Crippen LogP contribution in [0.15, 0.2) is 59.6 Å². The van der Waals surface area contributed by atoms with Crippen LogP contribution in [0.25, 0.3) is 10.8 Å². The Bertz CT molecular complexity index is 1400. The molecule has 216 valence electrons. The summed E-state index contributed by atoms with van der Waals surface area (Å²) in [6.07, 6.45) is 5.02. The fraction of sp³-hybridized carbons (Fsp3) is 0.471. The van der Waals surface area contributed by atoms with E-state index >= 15 is 0 Å². The van der Waals surface area contributed by atoms with Gasteiger partial charge in [-0.2, -0.15) is 0 Å². The Kier molecular flexibility index (Phi) is 8.26. The fourth-order valence-electron chi connectivity index (χ4n) is 6.60. The van der Waals surface area contributed by atoms with Crippen LogP contribution in [0.4, 0.5) is 5.69 Å². The quantitative estimate of drug-likeness (QED) is 0.336. The van der Waals surface area contributed by atoms with Gasteiger partial charge in [0.05, 0.1) is 31.0 Å². The molecule has 0 bridgehead atoms. The molecule has 0 saturated carbocycles. The van der Waals surface area contributed by atoms with Gasteiger partial charge in [-0.15, -0.1) is 0 Å². The number of piperazine rings is 1. The average Bonchev–Trinajstić information content (AvgIpc) is 3.43. The number of benzene rings is 3. The van der Waals surface area contributed by atoms with Gasteiger partial charge in [-0.1, -0.05) is 37.3 Å². The van der Waals surface area contributed by atoms with E-state index in [0.29, 0.717) is 29.9 Å². The third kappa shape index (κ3) is 6.11. The molecule has 7 nitrogen and oxygen atoms in total. The molecule has 1 amide bonds. The van der Waals surface area contributed by atoms with Crippen molar-refractivity contribution < 1.29 is 14.3 Å². The minimum Gasteiger partial charge on any atom is -0.493 e. The number of aliphatic imine (C=N–C) groups is 1. The number of carbonyl (C=O) groups excluding carboxylic acids is 1. The highest BCUT2D eigenvalue weighted by Crippen LogP contribution is 2.38. The lowest BCUT2D eigenvalue weighted by Crippen LogP contribution is -2.49. The van der Waals surface area contributed by atoms with Crippen LogP contribution in [-0.2, 0) is 6.54 Å². The Balaban J connectivity index is 1.07. The number of amides is 1. The number of hydrogen-bond acceptors (Lipinski definition) is 6. The van der Waals surface area contributed by atoms with Crippen molar-refractivity contribution in [2.45, 2.75) is 51.7 Å². The molecule has 0 spiro atoms. The molecular formula is C34H42N4O3. The summed E-state index contributed by atoms with van der Waals surface area (Å²) in [5, 5.41) is 1.96. The molecule has 0 N–H and O–H groups in total. The number of carbonyl (C=O) groups is 1. The van der Waals surface area contributed by atoms with Gasteiger partial charge in [0, 0.05) is 51.5 Å². The Hall–Kier alpha value is -3.42. The second-order valence-electron chi connectivity index (χ2n) is 12.0. The van der Waals surface area contributed by atoms with Crippen molar-refractivity contribution in [1.29, 1.82) is 0 Å². The van der Waals surface area contributed by atoms with Crippen LogP contribution < -0.4 is 9.47 Å². The van der Waals surface area contributed by atoms with Crippen molar-refractivity contribution in [3.8, 4) is 11.5 Å². The first-order chi connectivity index (χ1) is 20.0. The van der Waals surface area contributed by atoms with Crippen LogP contribution in [0.1, 0.15) is 49.0 Å². The van der Waals surface area contributed by atoms with E-state index < -0.39 is 0 Å². The number of fused-ring (bicyclic) bond motifs is 3. The van der Waals surface area contributed by atoms with Crippen LogP contribution >= 0.6 is 0 Å². The smallest absolute Gasteiger partial charge is 0.256 e. The van der Waals surface area contributed by atoms with Crippen LogP contribution in [0.5, 0.6) is 11.5 Å². The third-order valence-electron chi connectivity index (χ3n) is 8.96. The van der Waals surface area contributed by atoms with E-state index in [-0.39, 0.29) is 11.9 Å². The van der Waals surface area contributed by atoms with Gasteiger partial charge in [0.15, 0.2) is 11.5 Å². The van der Waals surface area contributed by atoms with E-state index in [9.17, 15) is 4.79 Å². The number of rotatable bonds is 9. The van der Waals surface area contributed by atoms with Gasteiger partial charge in [-0.3, -0.25) is 19.6 Å². The first-order valence-electron chi connectivity index (χ1n) is 15.1. The van der Waals surface area contributed by atoms with E-state index in [4.69, 9.17) is 14.5 Å². The largest absolute Gasteiger partial charge is 0.493 e. The molecule has 0 radical (unpaired) electrons. The second kappa shape index (κ2) is 12.2. The van der Waals surface area contributed by atoms with E-state index in [2.05, 4.69) is 54.0 Å². The average molecular weight is 555 g/mol. The van der Waals surface area contributed by atoms with Gasteiger partial charge in [0.1, 0.15) is 0 Å². The fourth-order valence-corrected chi connectivity index (χ4v) is 6.60. The molecule has 7 heteroatoms. The van der Waals surface area contributed by atoms with E-state index in [1.54, 1.807) is 7.11 Å². The Morgan fingerprint density at radius 2 is 1.71 bits per heavy atom. The lowest BCUT2D eigenvalue weighted by Gasteiger charge is -2.38. The van der Waals surface area contributed by atoms with E-state index in [1.165, 1.54) is 5.56 Å². The lowest BCUT2D eigenvalue weighted by atomic mass is 10.0. The summed E-state index contributed by atoms with van der Waals surface area (Å²) in [4.78, 5) is 25.1. The Morgan fingerprint density at radius 3 is 2.49 bits per heavy atom. The number of nitrogens with zero attached hydrogens (tertiary/aromatic N) is 4. The van der Waals surface area contributed by atoms with Gasteiger partial charge >= 0.3 is 0 Å². The van der Waals surface area contributed by atoms with Crippen molar-refractivity contribution in [1.82, 2.24) is 14.7 Å². The van der Waals surface area contributed by atoms with Crippen LogP contribution in [0.3, 0.4) is 0 Å². The van der Waals surface area contributed by atoms with Crippen LogP contribution in [-0.4, -0.2) is 85.3 Å². The van der Waals surface area contributed by atoms with Gasteiger partial charge in [0.25, 0.3) is 5.91 Å². The molecule has 3 atom stereocenters. The van der Waals surface area contributed by atoms with Gasteiger partial charge < -0.3 is 14.4 Å². The minimum absolute atomic E-state index is 0.0729. The van der Waals surface area contributed by atoms with Crippen molar-refractivity contribution in [3.05, 3.63) is 65.7 Å². The summed E-state index contributed by atoms with van der Waals surface area (Å²) in [5.41, 5.74) is 2.79. The molecule has 3 heterocycles. The zero-order valence-corrected chi connectivity index (χ0v) is 24.6. The number of methoxy groups -OCH3 is 1. The predicted molar refractivity (Wildman–Crippen MR) is 165 cm³/mol. The molecule has 0 aliphatic carbocycles. The molecule has 2 fully saturated rings. The molecule has 3 aliphatic rings. The molecule has 41 heavy (non-hydrogen) atoms. The van der Waals surface area contributed by atoms with Crippen molar-refractivity contribution >= 4 is 28.6 Å². The topological polar surface area (TPSA) is 57.6 Å². The predicted octanol–water partition coefficient (Wildman–Crippen LogP) is 5.78. The molecule has 3 aromatic carbocycles. The standard InChI is InChI=1S/C34H42N4O3/c1-24(16-25(2)37-14-12-36(13-15-37)22-26-8-5-4-6-9-26)23-41-33-20-27-17-30-31(18-28(27)19-32(33)40-3)35-21-29-10-7-11-38(29)34(30)39/h4-6,8-9,17-21,24-25,29H,7,10-16,22-23H2,1-3H3. The summed E-state index contributed by atoms with van der Waals surface area (Å²) in [6.45, 7) is 11.5. The summed E-state index contributed by atoms with van der Waals surface area (Å²) in [6, 6.07) is 19.3. The highest BCUT2D eigenvalue weighted by molar-refractivity contribution is 6.07. The summed E-state index contributed by atoms with van der Waals surface area (Å²) < 4.78 is 12.1. The Morgan fingerprint density at radius 1 is 0.951 bits per heavy atom. The van der Waals surface area contributed by atoms with Crippen LogP contribution in [0.2, 0.25) is 0 Å². The monoisotopic (exact) mass is 554 g/mol. The van der Waals surface area contributed by atoms with Crippen molar-refractivity contribution in [2.24, 2.45) is 10.9 Å². The van der Waals surface area contributed by atoms with Crippen LogP contribution in [0, 0.1) is 5.92 Å². The second-order valence-corrected chi connectivity index (χ2v) is 12.0. The van der Waals surface area contributed by atoms with E-state index in [1.807, 2.05) is 35.4 Å². The van der Waals surface area contributed by atoms with Crippen molar-refractivity contribution in [3.63, 3.8) is 0 Å². The first kappa shape index (κ1) is 27.7. The highest BCUT2D eigenvalue weighted by Gasteiger charge is 2.32. The molecule has 3 aromatic rings. The SMILES string of the molecule is COc1cc2cc3c(cc2cc1OCC(C)CC(C)N1CCN(Cc2ccccc2)CC1)C(=O)N1CCCC1C=N3. The molecule has 2 saturated heterocycles. The summed E-state index contributed by atoms with van der Waals surface area (Å²) >= 11 is 0. The molecular weight excluding hydrogens is 512 g/mol. The minimum atomic E-state index is 0.0729. The zero-order chi connectivity index (χ0) is 28.3. The van der Waals surface area contributed by atoms with E-state index in [0.717, 1.165) is 80.7 Å². The molecule has 6 rings (SSSR count). The number of hydrogen-bond donors (Lipinski definition) is 0. The van der Waals surface area contributed by atoms with Crippen molar-refractivity contribution in [2.75, 3.05) is 46.4 Å². The van der Waals surface area contributed by atoms with Gasteiger partial charge in [-0.05, 0) is 72.7 Å². The normalized spacial score (nSPS) is 20.9. The Labute approximate surface area is 243 Å². The lowest BCUT2D eigenvalue weighted by molar-refractivity contribution is 0.0775. The first-order valence-corrected chi connectivity index (χ1v) is 15.1. The maximum absolute atomic E-state index is 13.3. The highest BCUT2D eigenvalue weighted by atomic mass is 16.5. The van der Waals surface area contributed by atoms with Gasteiger partial charge in [0.2, 0.25) is 0 Å². The number of ether oxygens (including phenoxy) is 2. The molecule has 0 aromatic heterocycles. The molecule has 3 aliphatic heterocycles. The maximum Gasteiger partial charge on any atom is 0.256 e. The maximum atomic E-state index is 13.3. The molecule has 3 unspecified atom stereocenters. The van der Waals surface area contributed by atoms with Gasteiger partial charge in [-0.25, -0.2) is 0 Å².